The molecule has 0 radical (unpaired) electrons. The number of aliphatic imine (C=N–C) groups is 1. The third kappa shape index (κ3) is 3.61. The summed E-state index contributed by atoms with van der Waals surface area (Å²) in [5.74, 6) is 0.865. The first-order valence-electron chi connectivity index (χ1n) is 1.78. The van der Waals surface area contributed by atoms with Crippen LogP contribution in [0.2, 0.25) is 0 Å². The van der Waals surface area contributed by atoms with Gasteiger partial charge in [0.1, 0.15) is 5.84 Å². The smallest absolute Gasteiger partial charge is 0.106 e. The van der Waals surface area contributed by atoms with E-state index in [0.717, 1.165) is 0 Å². The lowest BCUT2D eigenvalue weighted by molar-refractivity contribution is 0.667. The molecule has 3 N–H and O–H groups in total. The topological polar surface area (TPSA) is 58.6 Å². The van der Waals surface area contributed by atoms with Crippen LogP contribution in [0.5, 0.6) is 0 Å². The average Bonchev–Trinajstić information content (AvgIpc) is 1.68. The van der Waals surface area contributed by atoms with Gasteiger partial charge < -0.3 is 10.3 Å². The molecule has 0 saturated carbocycles. The predicted octanol–water partition coefficient (Wildman–Crippen LogP) is 0.180. The third-order valence-corrected chi connectivity index (χ3v) is 0.925. The molecule has 0 amide bonds. The Morgan fingerprint density at radius 1 is 2.00 bits per heavy atom. The van der Waals surface area contributed by atoms with Crippen LogP contribution in [0, 0.1) is 0 Å². The van der Waals surface area contributed by atoms with E-state index in [1.165, 1.54) is 0 Å². The molecule has 0 unspecified atom stereocenters. The molecule has 0 aromatic heterocycles. The number of amidine groups is 1. The Labute approximate surface area is 46.8 Å². The van der Waals surface area contributed by atoms with Crippen molar-refractivity contribution in [3.63, 3.8) is 0 Å². The number of hydrogen-bond acceptors (Lipinski definition) is 3. The summed E-state index contributed by atoms with van der Waals surface area (Å²) in [6.07, 6.45) is 0. The fourth-order valence-corrected chi connectivity index (χ4v) is 0.392. The van der Waals surface area contributed by atoms with Gasteiger partial charge in [-0.15, -0.1) is 0 Å². The zero-order valence-electron chi connectivity index (χ0n) is 4.09. The molecule has 3 nitrogen and oxygen atoms in total. The molecule has 42 valence electrons. The predicted molar refractivity (Wildman–Crippen MR) is 32.6 cm³/mol. The van der Waals surface area contributed by atoms with Crippen molar-refractivity contribution < 1.29 is 4.55 Å². The highest BCUT2D eigenvalue weighted by Crippen LogP contribution is 1.86. The quantitative estimate of drug-likeness (QED) is 0.310. The van der Waals surface area contributed by atoms with Gasteiger partial charge in [0.05, 0.1) is 5.75 Å². The first-order chi connectivity index (χ1) is 3.31. The van der Waals surface area contributed by atoms with Gasteiger partial charge in [-0.1, -0.05) is 0 Å². The summed E-state index contributed by atoms with van der Waals surface area (Å²) in [4.78, 5) is 3.59. The van der Waals surface area contributed by atoms with E-state index in [9.17, 15) is 0 Å². The van der Waals surface area contributed by atoms with Gasteiger partial charge in [-0.2, -0.15) is 0 Å². The second-order valence-electron chi connectivity index (χ2n) is 0.988. The fourth-order valence-electron chi connectivity index (χ4n) is 0.131. The molecule has 0 heterocycles. The molecule has 0 aromatic carbocycles. The van der Waals surface area contributed by atoms with E-state index in [-0.39, 0.29) is 0 Å². The van der Waals surface area contributed by atoms with Gasteiger partial charge in [0, 0.05) is 7.05 Å². The van der Waals surface area contributed by atoms with Crippen LogP contribution in [-0.2, 0) is 0 Å². The fraction of sp³-hybridized carbons (Fsp3) is 0.667. The molecule has 0 saturated heterocycles. The Kier molecular flexibility index (Phi) is 3.83. The van der Waals surface area contributed by atoms with Crippen LogP contribution in [0.25, 0.3) is 0 Å². The highest BCUT2D eigenvalue weighted by Gasteiger charge is 1.84. The van der Waals surface area contributed by atoms with Gasteiger partial charge in [0.15, 0.2) is 0 Å². The van der Waals surface area contributed by atoms with Crippen molar-refractivity contribution >= 4 is 17.9 Å². The Morgan fingerprint density at radius 3 is 2.71 bits per heavy atom. The summed E-state index contributed by atoms with van der Waals surface area (Å²) < 4.78 is 8.12. The Bertz CT molecular complexity index is 73.3. The molecule has 4 heteroatoms. The van der Waals surface area contributed by atoms with Gasteiger partial charge in [0.2, 0.25) is 0 Å². The molecule has 0 spiro atoms. The standard InChI is InChI=1S/C3H8N2OS/c1-5-3(4)2-7-6/h6H,2H2,1H3,(H2,4,5). The number of nitrogens with two attached hydrogens (primary N) is 1. The van der Waals surface area contributed by atoms with Gasteiger partial charge in [0.25, 0.3) is 0 Å². The summed E-state index contributed by atoms with van der Waals surface area (Å²) in [5.41, 5.74) is 5.15. The van der Waals surface area contributed by atoms with E-state index in [0.29, 0.717) is 23.6 Å². The van der Waals surface area contributed by atoms with Crippen LogP contribution in [-0.4, -0.2) is 23.2 Å². The molecular weight excluding hydrogens is 112 g/mol. The molecule has 7 heavy (non-hydrogen) atoms. The first-order valence-corrected chi connectivity index (χ1v) is 2.73. The maximum atomic E-state index is 8.12. The van der Waals surface area contributed by atoms with Gasteiger partial charge in [-0.25, -0.2) is 0 Å². The summed E-state index contributed by atoms with van der Waals surface area (Å²) >= 11 is 0.679. The summed E-state index contributed by atoms with van der Waals surface area (Å²) in [7, 11) is 1.59. The van der Waals surface area contributed by atoms with E-state index >= 15 is 0 Å². The van der Waals surface area contributed by atoms with Crippen LogP contribution in [0.4, 0.5) is 0 Å². The second kappa shape index (κ2) is 3.95. The van der Waals surface area contributed by atoms with Crippen molar-refractivity contribution in [2.45, 2.75) is 0 Å². The molecule has 0 aliphatic rings. The van der Waals surface area contributed by atoms with Crippen molar-refractivity contribution in [1.29, 1.82) is 0 Å². The Balaban J connectivity index is 3.17. The molecule has 0 aliphatic heterocycles. The van der Waals surface area contributed by atoms with Crippen LogP contribution in [0.1, 0.15) is 0 Å². The Morgan fingerprint density at radius 2 is 2.57 bits per heavy atom. The van der Waals surface area contributed by atoms with Crippen molar-refractivity contribution in [2.24, 2.45) is 10.7 Å². The molecular formula is C3H8N2OS. The first kappa shape index (κ1) is 6.78. The largest absolute Gasteiger partial charge is 0.387 e. The molecule has 0 aromatic rings. The highest BCUT2D eigenvalue weighted by atomic mass is 32.2. The maximum absolute atomic E-state index is 8.12. The molecule has 0 rings (SSSR count). The lowest BCUT2D eigenvalue weighted by Crippen LogP contribution is -2.13. The summed E-state index contributed by atoms with van der Waals surface area (Å²) in [6.45, 7) is 0. The Hall–Kier alpha value is -0.220. The number of hydrogen-bond donors (Lipinski definition) is 2. The van der Waals surface area contributed by atoms with E-state index < -0.39 is 0 Å². The molecule has 0 atom stereocenters. The zero-order chi connectivity index (χ0) is 5.70. The monoisotopic (exact) mass is 120 g/mol. The zero-order valence-corrected chi connectivity index (χ0v) is 4.90. The minimum Gasteiger partial charge on any atom is -0.387 e. The summed E-state index contributed by atoms with van der Waals surface area (Å²) in [6, 6.07) is 0. The molecule has 0 bridgehead atoms. The van der Waals surface area contributed by atoms with Crippen molar-refractivity contribution in [3.05, 3.63) is 0 Å². The van der Waals surface area contributed by atoms with Crippen LogP contribution in [0.15, 0.2) is 4.99 Å². The van der Waals surface area contributed by atoms with E-state index in [2.05, 4.69) is 4.99 Å². The highest BCUT2D eigenvalue weighted by molar-refractivity contribution is 7.94. The minimum atomic E-state index is 0.399. The van der Waals surface area contributed by atoms with Gasteiger partial charge in [-0.05, 0) is 12.0 Å². The van der Waals surface area contributed by atoms with Crippen molar-refractivity contribution in [3.8, 4) is 0 Å². The van der Waals surface area contributed by atoms with Crippen LogP contribution < -0.4 is 5.73 Å². The average molecular weight is 120 g/mol. The summed E-state index contributed by atoms with van der Waals surface area (Å²) in [5, 5.41) is 0. The minimum absolute atomic E-state index is 0.399. The van der Waals surface area contributed by atoms with E-state index in [4.69, 9.17) is 10.3 Å². The maximum Gasteiger partial charge on any atom is 0.106 e. The van der Waals surface area contributed by atoms with Gasteiger partial charge >= 0.3 is 0 Å². The number of rotatable bonds is 2. The van der Waals surface area contributed by atoms with Crippen molar-refractivity contribution in [2.75, 3.05) is 12.8 Å². The normalized spacial score (nSPS) is 12.0. The SMILES string of the molecule is CN=C(N)CSO. The molecule has 0 fully saturated rings. The number of nitrogens with zero attached hydrogens (tertiary/aromatic N) is 1. The lowest BCUT2D eigenvalue weighted by atomic mass is 10.7. The lowest BCUT2D eigenvalue weighted by Gasteiger charge is -1.88. The van der Waals surface area contributed by atoms with Crippen molar-refractivity contribution in [1.82, 2.24) is 0 Å². The van der Waals surface area contributed by atoms with E-state index in [1.54, 1.807) is 7.05 Å². The van der Waals surface area contributed by atoms with Crippen LogP contribution in [0.3, 0.4) is 0 Å². The third-order valence-electron chi connectivity index (χ3n) is 0.500. The van der Waals surface area contributed by atoms with Crippen LogP contribution >= 0.6 is 12.0 Å². The van der Waals surface area contributed by atoms with E-state index in [1.807, 2.05) is 0 Å². The second-order valence-corrected chi connectivity index (χ2v) is 1.54. The molecule has 0 aliphatic carbocycles. The van der Waals surface area contributed by atoms with Gasteiger partial charge in [-0.3, -0.25) is 4.99 Å².